The second kappa shape index (κ2) is 6.66. The fourth-order valence-electron chi connectivity index (χ4n) is 1.88. The largest absolute Gasteiger partial charge is 0.350 e. The van der Waals surface area contributed by atoms with Crippen molar-refractivity contribution in [2.24, 2.45) is 0 Å². The fourth-order valence-corrected chi connectivity index (χ4v) is 2.35. The minimum absolute atomic E-state index is 0.000482. The van der Waals surface area contributed by atoms with E-state index in [1.54, 1.807) is 19.1 Å². The first kappa shape index (κ1) is 14.7. The van der Waals surface area contributed by atoms with Crippen molar-refractivity contribution in [3.63, 3.8) is 0 Å². The van der Waals surface area contributed by atoms with Gasteiger partial charge in [-0.1, -0.05) is 58.4 Å². The summed E-state index contributed by atoms with van der Waals surface area (Å²) in [4.78, 5) is 12.0. The van der Waals surface area contributed by atoms with Crippen LogP contribution in [0.3, 0.4) is 0 Å². The molecule has 0 radical (unpaired) electrons. The highest BCUT2D eigenvalue weighted by atomic mass is 79.9. The van der Waals surface area contributed by atoms with Crippen LogP contribution in [0.25, 0.3) is 0 Å². The smallest absolute Gasteiger partial charge is 0.254 e. The molecular formula is C16H15BrFNO. The summed E-state index contributed by atoms with van der Waals surface area (Å²) in [7, 11) is 0. The van der Waals surface area contributed by atoms with E-state index in [0.29, 0.717) is 12.1 Å². The molecule has 1 unspecified atom stereocenters. The van der Waals surface area contributed by atoms with E-state index >= 15 is 0 Å². The van der Waals surface area contributed by atoms with Crippen LogP contribution in [0.2, 0.25) is 0 Å². The predicted molar refractivity (Wildman–Crippen MR) is 81.6 cm³/mol. The summed E-state index contributed by atoms with van der Waals surface area (Å²) in [5.74, 6) is -0.859. The average molecular weight is 336 g/mol. The number of carbonyl (C=O) groups is 1. The van der Waals surface area contributed by atoms with Gasteiger partial charge in [0.05, 0.1) is 10.4 Å². The van der Waals surface area contributed by atoms with Crippen LogP contribution < -0.4 is 5.32 Å². The minimum atomic E-state index is -0.462. The van der Waals surface area contributed by atoms with Gasteiger partial charge in [-0.2, -0.15) is 0 Å². The molecule has 1 N–H and O–H groups in total. The van der Waals surface area contributed by atoms with Gasteiger partial charge in [0.1, 0.15) is 5.82 Å². The standard InChI is InChI=1S/C16H15BrFNO/c1-11-6-5-9-13(15(11)18)16(20)19-10-14(17)12-7-3-2-4-8-12/h2-9,14H,10H2,1H3,(H,19,20). The Morgan fingerprint density at radius 2 is 1.90 bits per heavy atom. The molecule has 0 aliphatic rings. The van der Waals surface area contributed by atoms with Gasteiger partial charge < -0.3 is 5.32 Å². The van der Waals surface area contributed by atoms with Gasteiger partial charge in [-0.15, -0.1) is 0 Å². The molecule has 2 aromatic rings. The van der Waals surface area contributed by atoms with Crippen LogP contribution in [0, 0.1) is 12.7 Å². The summed E-state index contributed by atoms with van der Waals surface area (Å²) in [5, 5.41) is 2.74. The molecule has 1 atom stereocenters. The second-order valence-corrected chi connectivity index (χ2v) is 5.63. The first-order valence-corrected chi connectivity index (χ1v) is 7.23. The van der Waals surface area contributed by atoms with Gasteiger partial charge in [0.15, 0.2) is 0 Å². The number of rotatable bonds is 4. The molecule has 1 amide bonds. The highest BCUT2D eigenvalue weighted by Crippen LogP contribution is 2.21. The van der Waals surface area contributed by atoms with E-state index in [-0.39, 0.29) is 10.4 Å². The van der Waals surface area contributed by atoms with Crippen molar-refractivity contribution < 1.29 is 9.18 Å². The Kier molecular flexibility index (Phi) is 4.90. The lowest BCUT2D eigenvalue weighted by Crippen LogP contribution is -2.27. The molecule has 2 nitrogen and oxygen atoms in total. The lowest BCUT2D eigenvalue weighted by molar-refractivity contribution is 0.0950. The molecular weight excluding hydrogens is 321 g/mol. The zero-order valence-electron chi connectivity index (χ0n) is 11.1. The van der Waals surface area contributed by atoms with Crippen molar-refractivity contribution in [2.75, 3.05) is 6.54 Å². The van der Waals surface area contributed by atoms with Gasteiger partial charge in [-0.25, -0.2) is 4.39 Å². The lowest BCUT2D eigenvalue weighted by atomic mass is 10.1. The highest BCUT2D eigenvalue weighted by Gasteiger charge is 2.14. The number of nitrogens with one attached hydrogen (secondary N) is 1. The number of benzene rings is 2. The molecule has 4 heteroatoms. The highest BCUT2D eigenvalue weighted by molar-refractivity contribution is 9.09. The molecule has 2 rings (SSSR count). The van der Waals surface area contributed by atoms with Gasteiger partial charge in [-0.05, 0) is 24.1 Å². The van der Waals surface area contributed by atoms with Crippen LogP contribution in [0.15, 0.2) is 48.5 Å². The molecule has 0 aromatic heterocycles. The van der Waals surface area contributed by atoms with Crippen molar-refractivity contribution in [1.82, 2.24) is 5.32 Å². The van der Waals surface area contributed by atoms with Crippen molar-refractivity contribution >= 4 is 21.8 Å². The van der Waals surface area contributed by atoms with Gasteiger partial charge in [-0.3, -0.25) is 4.79 Å². The van der Waals surface area contributed by atoms with Crippen LogP contribution >= 0.6 is 15.9 Å². The van der Waals surface area contributed by atoms with Crippen LogP contribution in [0.1, 0.15) is 26.3 Å². The van der Waals surface area contributed by atoms with Crippen molar-refractivity contribution in [3.8, 4) is 0 Å². The molecule has 0 spiro atoms. The summed E-state index contributed by atoms with van der Waals surface area (Å²) in [6.07, 6.45) is 0. The maximum atomic E-state index is 13.8. The van der Waals surface area contributed by atoms with E-state index in [1.807, 2.05) is 30.3 Å². The molecule has 0 aliphatic carbocycles. The number of hydrogen-bond donors (Lipinski definition) is 1. The van der Waals surface area contributed by atoms with E-state index in [2.05, 4.69) is 21.2 Å². The van der Waals surface area contributed by atoms with E-state index in [1.165, 1.54) is 6.07 Å². The topological polar surface area (TPSA) is 29.1 Å². The molecule has 2 aromatic carbocycles. The van der Waals surface area contributed by atoms with E-state index < -0.39 is 11.7 Å². The summed E-state index contributed by atoms with van der Waals surface area (Å²) >= 11 is 3.51. The number of halogens is 2. The van der Waals surface area contributed by atoms with Crippen LogP contribution in [0.5, 0.6) is 0 Å². The second-order valence-electron chi connectivity index (χ2n) is 4.52. The molecule has 104 valence electrons. The Balaban J connectivity index is 2.01. The molecule has 0 heterocycles. The number of amides is 1. The maximum Gasteiger partial charge on any atom is 0.254 e. The zero-order chi connectivity index (χ0) is 14.5. The van der Waals surface area contributed by atoms with Crippen LogP contribution in [-0.4, -0.2) is 12.5 Å². The van der Waals surface area contributed by atoms with E-state index in [0.717, 1.165) is 5.56 Å². The number of aryl methyl sites for hydroxylation is 1. The third-order valence-electron chi connectivity index (χ3n) is 3.04. The Morgan fingerprint density at radius 1 is 1.20 bits per heavy atom. The Hall–Kier alpha value is -1.68. The summed E-state index contributed by atoms with van der Waals surface area (Å²) in [5.41, 5.74) is 1.62. The predicted octanol–water partition coefficient (Wildman–Crippen LogP) is 4.00. The van der Waals surface area contributed by atoms with Crippen molar-refractivity contribution in [3.05, 3.63) is 71.0 Å². The summed E-state index contributed by atoms with van der Waals surface area (Å²) < 4.78 is 13.8. The molecule has 0 saturated carbocycles. The summed E-state index contributed by atoms with van der Waals surface area (Å²) in [6, 6.07) is 14.6. The summed E-state index contributed by atoms with van der Waals surface area (Å²) in [6.45, 7) is 2.04. The number of alkyl halides is 1. The van der Waals surface area contributed by atoms with Crippen molar-refractivity contribution in [1.29, 1.82) is 0 Å². The molecule has 0 saturated heterocycles. The van der Waals surface area contributed by atoms with E-state index in [4.69, 9.17) is 0 Å². The SMILES string of the molecule is Cc1cccc(C(=O)NCC(Br)c2ccccc2)c1F. The quantitative estimate of drug-likeness (QED) is 0.840. The Labute approximate surface area is 126 Å². The van der Waals surface area contributed by atoms with Gasteiger partial charge in [0.25, 0.3) is 5.91 Å². The third kappa shape index (κ3) is 3.45. The Bertz CT molecular complexity index is 601. The Morgan fingerprint density at radius 3 is 2.60 bits per heavy atom. The molecule has 20 heavy (non-hydrogen) atoms. The maximum absolute atomic E-state index is 13.8. The van der Waals surface area contributed by atoms with Crippen molar-refractivity contribution in [2.45, 2.75) is 11.8 Å². The van der Waals surface area contributed by atoms with Gasteiger partial charge >= 0.3 is 0 Å². The van der Waals surface area contributed by atoms with Crippen LogP contribution in [0.4, 0.5) is 4.39 Å². The zero-order valence-corrected chi connectivity index (χ0v) is 12.7. The van der Waals surface area contributed by atoms with Gasteiger partial charge in [0.2, 0.25) is 0 Å². The molecule has 0 bridgehead atoms. The van der Waals surface area contributed by atoms with Crippen LogP contribution in [-0.2, 0) is 0 Å². The fraction of sp³-hybridized carbons (Fsp3) is 0.188. The number of carbonyl (C=O) groups excluding carboxylic acids is 1. The normalized spacial score (nSPS) is 11.9. The van der Waals surface area contributed by atoms with E-state index in [9.17, 15) is 9.18 Å². The first-order valence-electron chi connectivity index (χ1n) is 6.32. The average Bonchev–Trinajstić information content (AvgIpc) is 2.48. The molecule has 0 fully saturated rings. The first-order chi connectivity index (χ1) is 9.59. The monoisotopic (exact) mass is 335 g/mol. The third-order valence-corrected chi connectivity index (χ3v) is 3.89. The van der Waals surface area contributed by atoms with Gasteiger partial charge in [0, 0.05) is 6.54 Å². The molecule has 0 aliphatic heterocycles. The lowest BCUT2D eigenvalue weighted by Gasteiger charge is -2.12. The number of hydrogen-bond acceptors (Lipinski definition) is 1. The minimum Gasteiger partial charge on any atom is -0.350 e.